The minimum atomic E-state index is 0.734. The third-order valence-corrected chi connectivity index (χ3v) is 3.11. The Hall–Kier alpha value is -2.17. The number of nitrogens with zero attached hydrogens (tertiary/aromatic N) is 1. The molecule has 1 N–H and O–H groups in total. The molecule has 1 aromatic carbocycles. The topological polar surface area (TPSA) is 56.5 Å². The van der Waals surface area contributed by atoms with Crippen molar-refractivity contribution in [3.8, 4) is 22.8 Å². The number of anilines is 1. The first kappa shape index (κ1) is 11.0. The Morgan fingerprint density at radius 2 is 2.17 bits per heavy atom. The molecule has 1 aliphatic rings. The number of aromatic nitrogens is 1. The van der Waals surface area contributed by atoms with Gasteiger partial charge in [-0.15, -0.1) is 0 Å². The lowest BCUT2D eigenvalue weighted by Crippen LogP contribution is -1.94. The van der Waals surface area contributed by atoms with Gasteiger partial charge in [0.2, 0.25) is 5.88 Å². The van der Waals surface area contributed by atoms with E-state index in [1.54, 1.807) is 14.2 Å². The summed E-state index contributed by atoms with van der Waals surface area (Å²) in [6.07, 6.45) is 0.920. The predicted molar refractivity (Wildman–Crippen MR) is 67.2 cm³/mol. The first-order chi connectivity index (χ1) is 8.83. The molecule has 0 amide bonds. The van der Waals surface area contributed by atoms with Crippen LogP contribution in [-0.2, 0) is 6.42 Å². The van der Waals surface area contributed by atoms with Gasteiger partial charge in [0.1, 0.15) is 17.2 Å². The molecule has 5 heteroatoms. The van der Waals surface area contributed by atoms with Crippen molar-refractivity contribution < 1.29 is 14.0 Å². The summed E-state index contributed by atoms with van der Waals surface area (Å²) in [5.74, 6) is 2.26. The van der Waals surface area contributed by atoms with E-state index >= 15 is 0 Å². The average molecular weight is 246 g/mol. The second-order valence-electron chi connectivity index (χ2n) is 4.08. The molecule has 0 atom stereocenters. The smallest absolute Gasteiger partial charge is 0.228 e. The first-order valence-corrected chi connectivity index (χ1v) is 5.78. The number of hydrogen-bond donors (Lipinski definition) is 1. The van der Waals surface area contributed by atoms with E-state index in [-0.39, 0.29) is 0 Å². The molecular formula is C13H14N2O3. The molecule has 0 aliphatic carbocycles. The van der Waals surface area contributed by atoms with Crippen LogP contribution in [-0.4, -0.2) is 25.9 Å². The van der Waals surface area contributed by atoms with E-state index < -0.39 is 0 Å². The predicted octanol–water partition coefficient (Wildman–Crippen LogP) is 2.33. The lowest BCUT2D eigenvalue weighted by atomic mass is 10.1. The van der Waals surface area contributed by atoms with Crippen molar-refractivity contribution in [3.63, 3.8) is 0 Å². The molecule has 1 aromatic heterocycles. The van der Waals surface area contributed by atoms with Gasteiger partial charge in [-0.3, -0.25) is 0 Å². The lowest BCUT2D eigenvalue weighted by molar-refractivity contribution is 0.394. The van der Waals surface area contributed by atoms with Gasteiger partial charge in [0.25, 0.3) is 0 Å². The number of benzene rings is 1. The summed E-state index contributed by atoms with van der Waals surface area (Å²) >= 11 is 0. The molecule has 0 bridgehead atoms. The normalized spacial score (nSPS) is 13.0. The van der Waals surface area contributed by atoms with Crippen LogP contribution >= 0.6 is 0 Å². The maximum atomic E-state index is 5.39. The van der Waals surface area contributed by atoms with Crippen LogP contribution in [0.4, 0.5) is 5.88 Å². The van der Waals surface area contributed by atoms with Crippen molar-refractivity contribution in [2.45, 2.75) is 6.42 Å². The van der Waals surface area contributed by atoms with Crippen molar-refractivity contribution in [3.05, 3.63) is 23.8 Å². The Morgan fingerprint density at radius 1 is 1.28 bits per heavy atom. The van der Waals surface area contributed by atoms with E-state index in [1.165, 1.54) is 0 Å². The molecule has 2 heterocycles. The third kappa shape index (κ3) is 1.59. The van der Waals surface area contributed by atoms with Crippen molar-refractivity contribution in [1.82, 2.24) is 5.16 Å². The van der Waals surface area contributed by atoms with Gasteiger partial charge < -0.3 is 19.3 Å². The zero-order valence-corrected chi connectivity index (χ0v) is 10.3. The second-order valence-corrected chi connectivity index (χ2v) is 4.08. The van der Waals surface area contributed by atoms with E-state index in [0.717, 1.165) is 47.2 Å². The van der Waals surface area contributed by atoms with Crippen LogP contribution < -0.4 is 14.8 Å². The summed E-state index contributed by atoms with van der Waals surface area (Å²) in [5.41, 5.74) is 2.87. The molecule has 3 rings (SSSR count). The summed E-state index contributed by atoms with van der Waals surface area (Å²) in [7, 11) is 3.27. The fraction of sp³-hybridized carbons (Fsp3) is 0.308. The summed E-state index contributed by atoms with van der Waals surface area (Å²) in [4.78, 5) is 0. The molecule has 0 fully saturated rings. The Balaban J connectivity index is 2.10. The summed E-state index contributed by atoms with van der Waals surface area (Å²) in [6.45, 7) is 0.891. The first-order valence-electron chi connectivity index (χ1n) is 5.78. The number of rotatable bonds is 3. The van der Waals surface area contributed by atoms with Gasteiger partial charge in [-0.05, 0) is 18.6 Å². The van der Waals surface area contributed by atoms with Crippen LogP contribution in [0.1, 0.15) is 5.56 Å². The zero-order chi connectivity index (χ0) is 12.5. The highest BCUT2D eigenvalue weighted by atomic mass is 16.5. The van der Waals surface area contributed by atoms with Gasteiger partial charge in [0, 0.05) is 23.7 Å². The maximum absolute atomic E-state index is 5.39. The highest BCUT2D eigenvalue weighted by Crippen LogP contribution is 2.38. The monoisotopic (exact) mass is 246 g/mol. The molecule has 0 radical (unpaired) electrons. The molecule has 0 unspecified atom stereocenters. The van der Waals surface area contributed by atoms with Crippen molar-refractivity contribution in [2.75, 3.05) is 26.1 Å². The molecule has 18 heavy (non-hydrogen) atoms. The fourth-order valence-corrected chi connectivity index (χ4v) is 2.19. The second kappa shape index (κ2) is 4.25. The Labute approximate surface area is 105 Å². The number of nitrogens with one attached hydrogen (secondary N) is 1. The molecule has 5 nitrogen and oxygen atoms in total. The van der Waals surface area contributed by atoms with E-state index in [1.807, 2.05) is 18.2 Å². The van der Waals surface area contributed by atoms with E-state index in [4.69, 9.17) is 14.0 Å². The molecule has 2 aromatic rings. The van der Waals surface area contributed by atoms with Gasteiger partial charge in [-0.2, -0.15) is 0 Å². The minimum Gasteiger partial charge on any atom is -0.497 e. The SMILES string of the molecule is COc1ccc(-c2noc3c2CCN3)c(OC)c1. The maximum Gasteiger partial charge on any atom is 0.228 e. The highest BCUT2D eigenvalue weighted by Gasteiger charge is 2.23. The van der Waals surface area contributed by atoms with Gasteiger partial charge in [0.05, 0.1) is 14.2 Å². The van der Waals surface area contributed by atoms with Crippen LogP contribution in [0.2, 0.25) is 0 Å². The van der Waals surface area contributed by atoms with Gasteiger partial charge >= 0.3 is 0 Å². The van der Waals surface area contributed by atoms with Crippen LogP contribution in [0.5, 0.6) is 11.5 Å². The molecule has 0 saturated heterocycles. The standard InChI is InChI=1S/C13H14N2O3/c1-16-8-3-4-9(11(7-8)17-2)12-10-5-6-14-13(10)18-15-12/h3-4,7,14H,5-6H2,1-2H3. The largest absolute Gasteiger partial charge is 0.497 e. The average Bonchev–Trinajstić information content (AvgIpc) is 3.00. The number of fused-ring (bicyclic) bond motifs is 1. The van der Waals surface area contributed by atoms with Crippen molar-refractivity contribution >= 4 is 5.88 Å². The van der Waals surface area contributed by atoms with Crippen molar-refractivity contribution in [1.29, 1.82) is 0 Å². The third-order valence-electron chi connectivity index (χ3n) is 3.11. The Bertz CT molecular complexity index is 578. The quantitative estimate of drug-likeness (QED) is 0.900. The molecule has 1 aliphatic heterocycles. The van der Waals surface area contributed by atoms with Gasteiger partial charge in [0.15, 0.2) is 0 Å². The molecule has 0 saturated carbocycles. The lowest BCUT2D eigenvalue weighted by Gasteiger charge is -2.08. The van der Waals surface area contributed by atoms with Crippen LogP contribution in [0.15, 0.2) is 22.7 Å². The zero-order valence-electron chi connectivity index (χ0n) is 10.3. The highest BCUT2D eigenvalue weighted by molar-refractivity contribution is 5.75. The Morgan fingerprint density at radius 3 is 2.94 bits per heavy atom. The van der Waals surface area contributed by atoms with Crippen LogP contribution in [0, 0.1) is 0 Å². The van der Waals surface area contributed by atoms with Crippen molar-refractivity contribution in [2.24, 2.45) is 0 Å². The Kier molecular flexibility index (Phi) is 2.59. The van der Waals surface area contributed by atoms with Gasteiger partial charge in [-0.25, -0.2) is 0 Å². The summed E-state index contributed by atoms with van der Waals surface area (Å²) in [6, 6.07) is 5.67. The number of methoxy groups -OCH3 is 2. The fourth-order valence-electron chi connectivity index (χ4n) is 2.19. The van der Waals surface area contributed by atoms with E-state index in [0.29, 0.717) is 0 Å². The van der Waals surface area contributed by atoms with Crippen LogP contribution in [0.25, 0.3) is 11.3 Å². The molecular weight excluding hydrogens is 232 g/mol. The van der Waals surface area contributed by atoms with E-state index in [2.05, 4.69) is 10.5 Å². The summed E-state index contributed by atoms with van der Waals surface area (Å²) in [5, 5.41) is 7.27. The number of hydrogen-bond acceptors (Lipinski definition) is 5. The van der Waals surface area contributed by atoms with Gasteiger partial charge in [-0.1, -0.05) is 5.16 Å². The minimum absolute atomic E-state index is 0.734. The molecule has 0 spiro atoms. The van der Waals surface area contributed by atoms with Crippen LogP contribution in [0.3, 0.4) is 0 Å². The molecule has 94 valence electrons. The van der Waals surface area contributed by atoms with E-state index in [9.17, 15) is 0 Å². The number of ether oxygens (including phenoxy) is 2. The summed E-state index contributed by atoms with van der Waals surface area (Å²) < 4.78 is 15.8.